The molecule has 0 atom stereocenters. The molecule has 6 nitrogen and oxygen atoms in total. The number of carbonyl (C=O) groups is 2. The van der Waals surface area contributed by atoms with Gasteiger partial charge >= 0.3 is 5.97 Å². The summed E-state index contributed by atoms with van der Waals surface area (Å²) >= 11 is 0. The Balaban J connectivity index is 2.34. The molecule has 1 aromatic carbocycles. The molecule has 0 aliphatic rings. The summed E-state index contributed by atoms with van der Waals surface area (Å²) in [4.78, 5) is 26.3. The number of carbonyl (C=O) groups excluding carboxylic acids is 2. The topological polar surface area (TPSA) is 64.4 Å². The average molecular weight is 357 g/mol. The molecular weight excluding hydrogens is 330 g/mol. The smallest absolute Gasteiger partial charge is 0.325 e. The standard InChI is InChI=1S/C20H27N3O3/c1-14-9-7-8-10-16(14)12-22(13-18(24)26-6)19(25)17-11-15(2)23(21-17)20(3,4)5/h7-11H,12-13H2,1-6H3. The zero-order valence-corrected chi connectivity index (χ0v) is 16.4. The predicted molar refractivity (Wildman–Crippen MR) is 99.9 cm³/mol. The Hall–Kier alpha value is -2.63. The minimum absolute atomic E-state index is 0.120. The van der Waals surface area contributed by atoms with Crippen molar-refractivity contribution in [3.8, 4) is 0 Å². The van der Waals surface area contributed by atoms with Crippen molar-refractivity contribution in [3.63, 3.8) is 0 Å². The lowest BCUT2D eigenvalue weighted by Crippen LogP contribution is -2.36. The van der Waals surface area contributed by atoms with Crippen molar-refractivity contribution in [1.29, 1.82) is 0 Å². The summed E-state index contributed by atoms with van der Waals surface area (Å²) in [5.74, 6) is -0.747. The maximum absolute atomic E-state index is 13.0. The normalized spacial score (nSPS) is 11.3. The summed E-state index contributed by atoms with van der Waals surface area (Å²) in [6, 6.07) is 9.55. The highest BCUT2D eigenvalue weighted by molar-refractivity contribution is 5.94. The molecule has 6 heteroatoms. The number of aromatic nitrogens is 2. The van der Waals surface area contributed by atoms with Crippen LogP contribution < -0.4 is 0 Å². The van der Waals surface area contributed by atoms with E-state index in [0.717, 1.165) is 16.8 Å². The Morgan fingerprint density at radius 3 is 2.38 bits per heavy atom. The third kappa shape index (κ3) is 4.50. The average Bonchev–Trinajstić information content (AvgIpc) is 2.97. The first-order valence-corrected chi connectivity index (χ1v) is 8.61. The number of nitrogens with zero attached hydrogens (tertiary/aromatic N) is 3. The van der Waals surface area contributed by atoms with Crippen LogP contribution in [0.2, 0.25) is 0 Å². The van der Waals surface area contributed by atoms with Crippen LogP contribution in [0.3, 0.4) is 0 Å². The van der Waals surface area contributed by atoms with E-state index >= 15 is 0 Å². The number of amides is 1. The Labute approximate surface area is 154 Å². The summed E-state index contributed by atoms with van der Waals surface area (Å²) < 4.78 is 6.58. The van der Waals surface area contributed by atoms with Crippen molar-refractivity contribution < 1.29 is 14.3 Å². The highest BCUT2D eigenvalue weighted by atomic mass is 16.5. The highest BCUT2D eigenvalue weighted by Crippen LogP contribution is 2.19. The molecular formula is C20H27N3O3. The molecule has 0 aliphatic carbocycles. The molecule has 0 saturated heterocycles. The molecule has 1 heterocycles. The second-order valence-corrected chi connectivity index (χ2v) is 7.42. The van der Waals surface area contributed by atoms with E-state index in [1.807, 2.05) is 63.6 Å². The lowest BCUT2D eigenvalue weighted by Gasteiger charge is -2.22. The van der Waals surface area contributed by atoms with Crippen LogP contribution in [0.1, 0.15) is 48.1 Å². The van der Waals surface area contributed by atoms with E-state index in [0.29, 0.717) is 12.2 Å². The Kier molecular flexibility index (Phi) is 5.85. The Morgan fingerprint density at radius 1 is 1.19 bits per heavy atom. The fourth-order valence-corrected chi connectivity index (χ4v) is 2.83. The van der Waals surface area contributed by atoms with Gasteiger partial charge in [-0.1, -0.05) is 24.3 Å². The SMILES string of the molecule is COC(=O)CN(Cc1ccccc1C)C(=O)c1cc(C)n(C(C)(C)C)n1. The molecule has 0 unspecified atom stereocenters. The Bertz CT molecular complexity index is 803. The van der Waals surface area contributed by atoms with Gasteiger partial charge < -0.3 is 9.64 Å². The number of aryl methyl sites for hydroxylation is 2. The van der Waals surface area contributed by atoms with E-state index in [-0.39, 0.29) is 18.0 Å². The van der Waals surface area contributed by atoms with Crippen LogP contribution in [-0.4, -0.2) is 40.2 Å². The summed E-state index contributed by atoms with van der Waals surface area (Å²) in [6.07, 6.45) is 0. The van der Waals surface area contributed by atoms with Crippen molar-refractivity contribution in [2.24, 2.45) is 0 Å². The number of methoxy groups -OCH3 is 1. The third-order valence-electron chi connectivity index (χ3n) is 4.20. The van der Waals surface area contributed by atoms with E-state index in [1.54, 1.807) is 6.07 Å². The Morgan fingerprint density at radius 2 is 1.85 bits per heavy atom. The van der Waals surface area contributed by atoms with Gasteiger partial charge in [0.25, 0.3) is 5.91 Å². The summed E-state index contributed by atoms with van der Waals surface area (Å²) in [5.41, 5.74) is 3.04. The quantitative estimate of drug-likeness (QED) is 0.772. The lowest BCUT2D eigenvalue weighted by atomic mass is 10.1. The molecule has 0 fully saturated rings. The van der Waals surface area contributed by atoms with Gasteiger partial charge in [-0.3, -0.25) is 14.3 Å². The molecule has 140 valence electrons. The van der Waals surface area contributed by atoms with Crippen molar-refractivity contribution in [1.82, 2.24) is 14.7 Å². The largest absolute Gasteiger partial charge is 0.468 e. The fraction of sp³-hybridized carbons (Fsp3) is 0.450. The van der Waals surface area contributed by atoms with Gasteiger partial charge in [-0.15, -0.1) is 0 Å². The van der Waals surface area contributed by atoms with Gasteiger partial charge in [0.2, 0.25) is 0 Å². The van der Waals surface area contributed by atoms with Gasteiger partial charge in [-0.2, -0.15) is 5.10 Å². The van der Waals surface area contributed by atoms with Crippen LogP contribution in [0.4, 0.5) is 0 Å². The summed E-state index contributed by atoms with van der Waals surface area (Å²) in [5, 5.41) is 4.47. The monoisotopic (exact) mass is 357 g/mol. The van der Waals surface area contributed by atoms with Crippen LogP contribution in [0.25, 0.3) is 0 Å². The zero-order valence-electron chi connectivity index (χ0n) is 16.4. The van der Waals surface area contributed by atoms with Crippen molar-refractivity contribution in [2.75, 3.05) is 13.7 Å². The second kappa shape index (κ2) is 7.72. The summed E-state index contributed by atoms with van der Waals surface area (Å²) in [6.45, 7) is 10.2. The van der Waals surface area contributed by atoms with Gasteiger partial charge in [-0.05, 0) is 51.8 Å². The first kappa shape index (κ1) is 19.7. The van der Waals surface area contributed by atoms with E-state index in [9.17, 15) is 9.59 Å². The van der Waals surface area contributed by atoms with Gasteiger partial charge in [0.15, 0.2) is 5.69 Å². The number of ether oxygens (including phenoxy) is 1. The van der Waals surface area contributed by atoms with Crippen LogP contribution in [0.15, 0.2) is 30.3 Å². The van der Waals surface area contributed by atoms with E-state index in [2.05, 4.69) is 5.10 Å². The molecule has 0 spiro atoms. The predicted octanol–water partition coefficient (Wildman–Crippen LogP) is 3.07. The van der Waals surface area contributed by atoms with Gasteiger partial charge in [0.05, 0.1) is 12.6 Å². The van der Waals surface area contributed by atoms with Gasteiger partial charge in [-0.25, -0.2) is 0 Å². The number of hydrogen-bond donors (Lipinski definition) is 0. The maximum atomic E-state index is 13.0. The molecule has 0 bridgehead atoms. The van der Waals surface area contributed by atoms with Crippen LogP contribution >= 0.6 is 0 Å². The second-order valence-electron chi connectivity index (χ2n) is 7.42. The van der Waals surface area contributed by atoms with Crippen molar-refractivity contribution in [3.05, 3.63) is 52.8 Å². The van der Waals surface area contributed by atoms with E-state index in [4.69, 9.17) is 4.74 Å². The maximum Gasteiger partial charge on any atom is 0.325 e. The van der Waals surface area contributed by atoms with Crippen molar-refractivity contribution >= 4 is 11.9 Å². The molecule has 26 heavy (non-hydrogen) atoms. The number of benzene rings is 1. The molecule has 2 aromatic rings. The fourth-order valence-electron chi connectivity index (χ4n) is 2.83. The third-order valence-corrected chi connectivity index (χ3v) is 4.20. The first-order valence-electron chi connectivity index (χ1n) is 8.61. The molecule has 0 aliphatic heterocycles. The number of rotatable bonds is 5. The van der Waals surface area contributed by atoms with Crippen LogP contribution in [0.5, 0.6) is 0 Å². The molecule has 0 N–H and O–H groups in total. The number of hydrogen-bond acceptors (Lipinski definition) is 4. The van der Waals surface area contributed by atoms with Crippen LogP contribution in [-0.2, 0) is 21.6 Å². The minimum atomic E-state index is -0.459. The first-order chi connectivity index (χ1) is 12.1. The molecule has 0 saturated carbocycles. The zero-order chi connectivity index (χ0) is 19.5. The van der Waals surface area contributed by atoms with Gasteiger partial charge in [0.1, 0.15) is 6.54 Å². The molecule has 1 amide bonds. The lowest BCUT2D eigenvalue weighted by molar-refractivity contribution is -0.141. The molecule has 1 aromatic heterocycles. The van der Waals surface area contributed by atoms with E-state index in [1.165, 1.54) is 12.0 Å². The van der Waals surface area contributed by atoms with Crippen LogP contribution in [0, 0.1) is 13.8 Å². The molecule has 2 rings (SSSR count). The van der Waals surface area contributed by atoms with Gasteiger partial charge in [0, 0.05) is 12.2 Å². The number of esters is 1. The summed E-state index contributed by atoms with van der Waals surface area (Å²) in [7, 11) is 1.32. The van der Waals surface area contributed by atoms with Crippen molar-refractivity contribution in [2.45, 2.75) is 46.7 Å². The molecule has 0 radical (unpaired) electrons. The van der Waals surface area contributed by atoms with E-state index < -0.39 is 5.97 Å². The minimum Gasteiger partial charge on any atom is -0.468 e. The highest BCUT2D eigenvalue weighted by Gasteiger charge is 2.25.